The fourth-order valence-electron chi connectivity index (χ4n) is 3.34. The predicted molar refractivity (Wildman–Crippen MR) is 113 cm³/mol. The molecule has 0 unspecified atom stereocenters. The Morgan fingerprint density at radius 3 is 2.12 bits per heavy atom. The lowest BCUT2D eigenvalue weighted by Gasteiger charge is -2.06. The minimum atomic E-state index is 0.531. The van der Waals surface area contributed by atoms with Gasteiger partial charge in [-0.3, -0.25) is 0 Å². The van der Waals surface area contributed by atoms with Gasteiger partial charge < -0.3 is 0 Å². The second-order valence-electron chi connectivity index (χ2n) is 6.21. The van der Waals surface area contributed by atoms with Crippen LogP contribution in [-0.4, -0.2) is 4.98 Å². The zero-order chi connectivity index (χ0) is 17.5. The van der Waals surface area contributed by atoms with Gasteiger partial charge in [0, 0.05) is 21.0 Å². The minimum Gasteiger partial charge on any atom is -0.235 e. The van der Waals surface area contributed by atoms with Crippen LogP contribution in [-0.2, 0) is 0 Å². The summed E-state index contributed by atoms with van der Waals surface area (Å²) in [5.41, 5.74) is 4.45. The van der Waals surface area contributed by atoms with E-state index in [1.807, 2.05) is 12.1 Å². The number of fused-ring (bicyclic) bond motifs is 3. The number of benzene rings is 3. The summed E-state index contributed by atoms with van der Waals surface area (Å²) in [6.07, 6.45) is 0. The molecule has 5 aromatic rings. The van der Waals surface area contributed by atoms with E-state index in [1.54, 1.807) is 11.3 Å². The summed E-state index contributed by atoms with van der Waals surface area (Å²) >= 11 is 8.12. The van der Waals surface area contributed by atoms with Gasteiger partial charge in [-0.25, -0.2) is 4.98 Å². The Labute approximate surface area is 160 Å². The third-order valence-electron chi connectivity index (χ3n) is 4.60. The van der Waals surface area contributed by atoms with Gasteiger partial charge in [-0.15, -0.1) is 11.3 Å². The van der Waals surface area contributed by atoms with Crippen LogP contribution in [0.15, 0.2) is 84.9 Å². The lowest BCUT2D eigenvalue weighted by molar-refractivity contribution is 1.37. The van der Waals surface area contributed by atoms with Crippen LogP contribution in [0.1, 0.15) is 0 Å². The third-order valence-corrected chi connectivity index (χ3v) is 5.98. The van der Waals surface area contributed by atoms with Crippen molar-refractivity contribution in [3.05, 3.63) is 90.1 Å². The Morgan fingerprint density at radius 2 is 1.31 bits per heavy atom. The number of rotatable bonds is 2. The second-order valence-corrected chi connectivity index (χ2v) is 7.65. The van der Waals surface area contributed by atoms with E-state index >= 15 is 0 Å². The molecule has 0 bridgehead atoms. The topological polar surface area (TPSA) is 12.9 Å². The van der Waals surface area contributed by atoms with Crippen molar-refractivity contribution >= 4 is 43.1 Å². The van der Waals surface area contributed by atoms with Crippen molar-refractivity contribution in [1.82, 2.24) is 4.98 Å². The molecule has 3 heteroatoms. The first-order chi connectivity index (χ1) is 12.8. The van der Waals surface area contributed by atoms with Crippen molar-refractivity contribution in [2.24, 2.45) is 0 Å². The molecule has 0 spiro atoms. The molecule has 26 heavy (non-hydrogen) atoms. The van der Waals surface area contributed by atoms with Crippen molar-refractivity contribution in [2.75, 3.05) is 0 Å². The van der Waals surface area contributed by atoms with E-state index in [0.717, 1.165) is 11.3 Å². The van der Waals surface area contributed by atoms with Gasteiger partial charge in [0.2, 0.25) is 0 Å². The Hall–Kier alpha value is -2.68. The van der Waals surface area contributed by atoms with Crippen LogP contribution >= 0.6 is 22.9 Å². The predicted octanol–water partition coefficient (Wildman–Crippen LogP) is 7.44. The highest BCUT2D eigenvalue weighted by Gasteiger charge is 2.13. The summed E-state index contributed by atoms with van der Waals surface area (Å²) in [7, 11) is 0. The average molecular weight is 372 g/mol. The van der Waals surface area contributed by atoms with Crippen LogP contribution < -0.4 is 0 Å². The second kappa shape index (κ2) is 6.24. The monoisotopic (exact) mass is 371 g/mol. The van der Waals surface area contributed by atoms with E-state index < -0.39 is 0 Å². The summed E-state index contributed by atoms with van der Waals surface area (Å²) in [6, 6.07) is 29.3. The van der Waals surface area contributed by atoms with Crippen molar-refractivity contribution in [3.8, 4) is 22.4 Å². The zero-order valence-corrected chi connectivity index (χ0v) is 15.4. The summed E-state index contributed by atoms with van der Waals surface area (Å²) < 4.78 is 2.44. The Kier molecular flexibility index (Phi) is 3.74. The standard InChI is InChI=1S/C23H14ClNS/c24-21-14-19-18-8-4-5-9-20(18)26-23(19)22(25-21)17-12-10-16(11-13-17)15-6-2-1-3-7-15/h1-14H. The first-order valence-corrected chi connectivity index (χ1v) is 9.63. The highest BCUT2D eigenvalue weighted by Crippen LogP contribution is 2.40. The van der Waals surface area contributed by atoms with Gasteiger partial charge >= 0.3 is 0 Å². The van der Waals surface area contributed by atoms with Crippen molar-refractivity contribution in [3.63, 3.8) is 0 Å². The summed E-state index contributed by atoms with van der Waals surface area (Å²) in [4.78, 5) is 4.65. The van der Waals surface area contributed by atoms with E-state index in [0.29, 0.717) is 5.15 Å². The molecule has 0 radical (unpaired) electrons. The highest BCUT2D eigenvalue weighted by atomic mass is 35.5. The molecule has 2 aromatic heterocycles. The van der Waals surface area contributed by atoms with Crippen LogP contribution in [0.3, 0.4) is 0 Å². The SMILES string of the molecule is Clc1cc2c(sc3ccccc32)c(-c2ccc(-c3ccccc3)cc2)n1. The number of nitrogens with zero attached hydrogens (tertiary/aromatic N) is 1. The Bertz CT molecular complexity index is 1220. The van der Waals surface area contributed by atoms with Gasteiger partial charge in [-0.05, 0) is 23.3 Å². The zero-order valence-electron chi connectivity index (χ0n) is 13.8. The maximum absolute atomic E-state index is 6.35. The van der Waals surface area contributed by atoms with Gasteiger partial charge in [0.15, 0.2) is 0 Å². The van der Waals surface area contributed by atoms with Crippen molar-refractivity contribution in [2.45, 2.75) is 0 Å². The fourth-order valence-corrected chi connectivity index (χ4v) is 4.73. The van der Waals surface area contributed by atoms with E-state index in [4.69, 9.17) is 11.6 Å². The summed E-state index contributed by atoms with van der Waals surface area (Å²) in [6.45, 7) is 0. The summed E-state index contributed by atoms with van der Waals surface area (Å²) in [5.74, 6) is 0. The van der Waals surface area contributed by atoms with Crippen molar-refractivity contribution < 1.29 is 0 Å². The molecular formula is C23H14ClNS. The molecule has 0 fully saturated rings. The fraction of sp³-hybridized carbons (Fsp3) is 0. The van der Waals surface area contributed by atoms with Gasteiger partial charge in [0.05, 0.1) is 10.4 Å². The third kappa shape index (κ3) is 2.59. The normalized spacial score (nSPS) is 11.3. The maximum atomic E-state index is 6.35. The lowest BCUT2D eigenvalue weighted by atomic mass is 10.0. The molecule has 5 rings (SSSR count). The molecule has 0 saturated carbocycles. The maximum Gasteiger partial charge on any atom is 0.130 e. The minimum absolute atomic E-state index is 0.531. The molecule has 0 aliphatic heterocycles. The van der Waals surface area contributed by atoms with Crippen LogP contribution in [0.4, 0.5) is 0 Å². The number of thiophene rings is 1. The molecule has 1 nitrogen and oxygen atoms in total. The van der Waals surface area contributed by atoms with E-state index in [-0.39, 0.29) is 0 Å². The quantitative estimate of drug-likeness (QED) is 0.294. The largest absolute Gasteiger partial charge is 0.235 e. The molecule has 0 saturated heterocycles. The van der Waals surface area contributed by atoms with E-state index in [1.165, 1.54) is 31.3 Å². The van der Waals surface area contributed by atoms with E-state index in [9.17, 15) is 0 Å². The van der Waals surface area contributed by atoms with Crippen LogP contribution in [0, 0.1) is 0 Å². The smallest absolute Gasteiger partial charge is 0.130 e. The highest BCUT2D eigenvalue weighted by molar-refractivity contribution is 7.26. The number of aromatic nitrogens is 1. The first kappa shape index (κ1) is 15.6. The van der Waals surface area contributed by atoms with Gasteiger partial charge in [-0.1, -0.05) is 84.4 Å². The molecule has 0 atom stereocenters. The number of hydrogen-bond donors (Lipinski definition) is 0. The summed E-state index contributed by atoms with van der Waals surface area (Å²) in [5, 5.41) is 2.94. The molecule has 2 heterocycles. The van der Waals surface area contributed by atoms with E-state index in [2.05, 4.69) is 77.8 Å². The van der Waals surface area contributed by atoms with Gasteiger partial charge in [0.1, 0.15) is 5.15 Å². The first-order valence-electron chi connectivity index (χ1n) is 8.43. The molecule has 0 N–H and O–H groups in total. The van der Waals surface area contributed by atoms with Crippen LogP contribution in [0.2, 0.25) is 5.15 Å². The number of hydrogen-bond acceptors (Lipinski definition) is 2. The average Bonchev–Trinajstić information content (AvgIpc) is 3.07. The number of halogens is 1. The molecule has 3 aromatic carbocycles. The molecular weight excluding hydrogens is 358 g/mol. The lowest BCUT2D eigenvalue weighted by Crippen LogP contribution is -1.86. The Morgan fingerprint density at radius 1 is 0.654 bits per heavy atom. The van der Waals surface area contributed by atoms with Gasteiger partial charge in [-0.2, -0.15) is 0 Å². The molecule has 0 aliphatic carbocycles. The van der Waals surface area contributed by atoms with Crippen LogP contribution in [0.25, 0.3) is 42.6 Å². The molecule has 0 amide bonds. The van der Waals surface area contributed by atoms with Gasteiger partial charge in [0.25, 0.3) is 0 Å². The molecule has 124 valence electrons. The Balaban J connectivity index is 1.69. The molecule has 0 aliphatic rings. The van der Waals surface area contributed by atoms with Crippen molar-refractivity contribution in [1.29, 1.82) is 0 Å². The van der Waals surface area contributed by atoms with Crippen LogP contribution in [0.5, 0.6) is 0 Å². The number of pyridine rings is 1.